The molecule has 66 valence electrons. The van der Waals surface area contributed by atoms with Crippen molar-refractivity contribution in [3.63, 3.8) is 0 Å². The second-order valence-electron chi connectivity index (χ2n) is 2.56. The maximum absolute atomic E-state index is 10.6. The molecule has 0 fully saturated rings. The first-order valence-corrected chi connectivity index (χ1v) is 3.47. The molecule has 6 heteroatoms. The first-order chi connectivity index (χ1) is 5.59. The number of aromatic amines is 1. The van der Waals surface area contributed by atoms with E-state index in [1.165, 1.54) is 6.92 Å². The zero-order valence-electron chi connectivity index (χ0n) is 7.25. The van der Waals surface area contributed by atoms with E-state index in [9.17, 15) is 4.79 Å². The summed E-state index contributed by atoms with van der Waals surface area (Å²) in [6.07, 6.45) is 0. The minimum atomic E-state index is -0.170. The molecule has 0 radical (unpaired) electrons. The highest BCUT2D eigenvalue weighted by Gasteiger charge is 2.04. The number of nitrogens with one attached hydrogen (secondary N) is 2. The maximum atomic E-state index is 10.6. The van der Waals surface area contributed by atoms with Crippen molar-refractivity contribution in [2.45, 2.75) is 6.92 Å². The summed E-state index contributed by atoms with van der Waals surface area (Å²) in [5, 5.41) is 8.91. The normalized spacial score (nSPS) is 9.58. The standard InChI is InChI=1S/C6H11N5O/c1-4(12)7-5-8-6(10-9-5)11(2)3/h1-3H3,(H2,7,8,9,10,12). The van der Waals surface area contributed by atoms with Gasteiger partial charge in [-0.1, -0.05) is 0 Å². The Balaban J connectivity index is 2.70. The van der Waals surface area contributed by atoms with Crippen LogP contribution in [0.5, 0.6) is 0 Å². The summed E-state index contributed by atoms with van der Waals surface area (Å²) < 4.78 is 0. The van der Waals surface area contributed by atoms with Crippen molar-refractivity contribution in [2.75, 3.05) is 24.3 Å². The number of amides is 1. The Morgan fingerprint density at radius 3 is 2.67 bits per heavy atom. The smallest absolute Gasteiger partial charge is 0.245 e. The van der Waals surface area contributed by atoms with Crippen LogP contribution in [0.1, 0.15) is 6.92 Å². The van der Waals surface area contributed by atoms with E-state index in [0.717, 1.165) is 0 Å². The molecule has 0 bridgehead atoms. The van der Waals surface area contributed by atoms with Gasteiger partial charge in [-0.2, -0.15) is 4.98 Å². The summed E-state index contributed by atoms with van der Waals surface area (Å²) >= 11 is 0. The summed E-state index contributed by atoms with van der Waals surface area (Å²) in [6.45, 7) is 1.41. The molecule has 6 nitrogen and oxygen atoms in total. The third-order valence-corrected chi connectivity index (χ3v) is 1.17. The Bertz CT molecular complexity index is 279. The van der Waals surface area contributed by atoms with Crippen LogP contribution in [0.15, 0.2) is 0 Å². The number of H-pyrrole nitrogens is 1. The Kier molecular flexibility index (Phi) is 2.27. The Morgan fingerprint density at radius 1 is 1.58 bits per heavy atom. The molecular weight excluding hydrogens is 158 g/mol. The number of hydrogen-bond acceptors (Lipinski definition) is 4. The minimum absolute atomic E-state index is 0.170. The lowest BCUT2D eigenvalue weighted by molar-refractivity contribution is -0.114. The number of carbonyl (C=O) groups is 1. The molecule has 0 spiro atoms. The largest absolute Gasteiger partial charge is 0.346 e. The summed E-state index contributed by atoms with van der Waals surface area (Å²) in [5.41, 5.74) is 0. The molecule has 1 aromatic rings. The van der Waals surface area contributed by atoms with Crippen molar-refractivity contribution in [1.82, 2.24) is 15.2 Å². The highest BCUT2D eigenvalue weighted by atomic mass is 16.1. The Labute approximate surface area is 70.0 Å². The van der Waals surface area contributed by atoms with Crippen LogP contribution in [0.3, 0.4) is 0 Å². The minimum Gasteiger partial charge on any atom is -0.346 e. The fraction of sp³-hybridized carbons (Fsp3) is 0.500. The zero-order valence-corrected chi connectivity index (χ0v) is 7.25. The molecule has 0 aliphatic heterocycles. The molecule has 0 unspecified atom stereocenters. The highest BCUT2D eigenvalue weighted by molar-refractivity contribution is 5.86. The molecule has 2 N–H and O–H groups in total. The van der Waals surface area contributed by atoms with Gasteiger partial charge in [0.1, 0.15) is 0 Å². The van der Waals surface area contributed by atoms with Crippen LogP contribution < -0.4 is 10.2 Å². The van der Waals surface area contributed by atoms with Crippen LogP contribution >= 0.6 is 0 Å². The molecule has 0 atom stereocenters. The number of nitrogens with zero attached hydrogens (tertiary/aromatic N) is 3. The molecule has 1 aromatic heterocycles. The van der Waals surface area contributed by atoms with Crippen LogP contribution in [-0.4, -0.2) is 35.2 Å². The Morgan fingerprint density at radius 2 is 2.25 bits per heavy atom. The van der Waals surface area contributed by atoms with Gasteiger partial charge in [0.25, 0.3) is 0 Å². The molecule has 0 saturated carbocycles. The quantitative estimate of drug-likeness (QED) is 0.644. The third kappa shape index (κ3) is 1.94. The topological polar surface area (TPSA) is 73.9 Å². The van der Waals surface area contributed by atoms with Crippen molar-refractivity contribution in [1.29, 1.82) is 0 Å². The van der Waals surface area contributed by atoms with Crippen LogP contribution in [0.2, 0.25) is 0 Å². The predicted octanol–water partition coefficient (Wildman–Crippen LogP) is -0.171. The monoisotopic (exact) mass is 169 g/mol. The van der Waals surface area contributed by atoms with E-state index in [0.29, 0.717) is 11.9 Å². The molecule has 1 rings (SSSR count). The van der Waals surface area contributed by atoms with Crippen LogP contribution in [0, 0.1) is 0 Å². The highest BCUT2D eigenvalue weighted by Crippen LogP contribution is 2.04. The number of rotatable bonds is 2. The third-order valence-electron chi connectivity index (χ3n) is 1.17. The first kappa shape index (κ1) is 8.51. The lowest BCUT2D eigenvalue weighted by Crippen LogP contribution is -2.11. The van der Waals surface area contributed by atoms with Gasteiger partial charge in [0.05, 0.1) is 0 Å². The van der Waals surface area contributed by atoms with E-state index in [2.05, 4.69) is 20.5 Å². The van der Waals surface area contributed by atoms with E-state index in [4.69, 9.17) is 0 Å². The average Bonchev–Trinajstić information content (AvgIpc) is 2.34. The summed E-state index contributed by atoms with van der Waals surface area (Å²) in [7, 11) is 3.64. The van der Waals surface area contributed by atoms with Gasteiger partial charge in [-0.3, -0.25) is 10.1 Å². The van der Waals surface area contributed by atoms with Gasteiger partial charge in [-0.05, 0) is 0 Å². The SMILES string of the molecule is CC(=O)Nc1nc(N(C)C)n[nH]1. The average molecular weight is 169 g/mol. The van der Waals surface area contributed by atoms with Gasteiger partial charge < -0.3 is 4.90 Å². The lowest BCUT2D eigenvalue weighted by atomic mass is 10.7. The van der Waals surface area contributed by atoms with Gasteiger partial charge >= 0.3 is 0 Å². The van der Waals surface area contributed by atoms with Crippen molar-refractivity contribution in [3.8, 4) is 0 Å². The van der Waals surface area contributed by atoms with E-state index < -0.39 is 0 Å². The molecular formula is C6H11N5O. The molecule has 0 aliphatic carbocycles. The van der Waals surface area contributed by atoms with Crippen molar-refractivity contribution in [3.05, 3.63) is 0 Å². The zero-order chi connectivity index (χ0) is 9.14. The summed E-state index contributed by atoms with van der Waals surface area (Å²) in [4.78, 5) is 16.3. The second kappa shape index (κ2) is 3.21. The predicted molar refractivity (Wildman–Crippen MR) is 45.0 cm³/mol. The van der Waals surface area contributed by atoms with Gasteiger partial charge in [0.15, 0.2) is 0 Å². The number of carbonyl (C=O) groups excluding carboxylic acids is 1. The van der Waals surface area contributed by atoms with Crippen LogP contribution in [0.25, 0.3) is 0 Å². The maximum Gasteiger partial charge on any atom is 0.245 e. The van der Waals surface area contributed by atoms with E-state index in [1.54, 1.807) is 4.90 Å². The van der Waals surface area contributed by atoms with Crippen molar-refractivity contribution in [2.24, 2.45) is 0 Å². The van der Waals surface area contributed by atoms with Gasteiger partial charge in [-0.15, -0.1) is 5.10 Å². The van der Waals surface area contributed by atoms with Crippen molar-refractivity contribution < 1.29 is 4.79 Å². The van der Waals surface area contributed by atoms with E-state index in [1.807, 2.05) is 14.1 Å². The summed E-state index contributed by atoms with van der Waals surface area (Å²) in [6, 6.07) is 0. The lowest BCUT2D eigenvalue weighted by Gasteiger charge is -2.03. The molecule has 0 aliphatic rings. The van der Waals surface area contributed by atoms with E-state index in [-0.39, 0.29) is 5.91 Å². The van der Waals surface area contributed by atoms with Crippen LogP contribution in [-0.2, 0) is 4.79 Å². The van der Waals surface area contributed by atoms with E-state index >= 15 is 0 Å². The van der Waals surface area contributed by atoms with Gasteiger partial charge in [0, 0.05) is 21.0 Å². The van der Waals surface area contributed by atoms with Gasteiger partial charge in [0.2, 0.25) is 17.8 Å². The fourth-order valence-electron chi connectivity index (χ4n) is 0.676. The number of anilines is 2. The summed E-state index contributed by atoms with van der Waals surface area (Å²) in [5.74, 6) is 0.737. The second-order valence-corrected chi connectivity index (χ2v) is 2.56. The first-order valence-electron chi connectivity index (χ1n) is 3.47. The molecule has 12 heavy (non-hydrogen) atoms. The van der Waals surface area contributed by atoms with Crippen molar-refractivity contribution >= 4 is 17.8 Å². The number of aromatic nitrogens is 3. The number of hydrogen-bond donors (Lipinski definition) is 2. The Hall–Kier alpha value is -1.59. The molecule has 1 heterocycles. The molecule has 1 amide bonds. The molecule has 0 saturated heterocycles. The van der Waals surface area contributed by atoms with Crippen LogP contribution in [0.4, 0.5) is 11.9 Å². The fourth-order valence-corrected chi connectivity index (χ4v) is 0.676. The molecule has 0 aromatic carbocycles. The van der Waals surface area contributed by atoms with Gasteiger partial charge in [-0.25, -0.2) is 5.10 Å².